The van der Waals surface area contributed by atoms with Gasteiger partial charge < -0.3 is 4.57 Å². The zero-order valence-electron chi connectivity index (χ0n) is 20.2. The number of amides is 1. The monoisotopic (exact) mass is 555 g/mol. The minimum atomic E-state index is -0.0101. The Morgan fingerprint density at radius 1 is 0.889 bits per heavy atom. The largest absolute Gasteiger partial charge is 0.318 e. The standard InChI is InChI=1S/C30H26BrN3OS/c1-21-17-25(22(2)34(21)27-15-13-26(31)14-16-27)18-28-29(35)33(20-24-11-7-4-8-12-24)30(36-28)32-19-23-9-5-3-6-10-23/h3-18H,19-20H2,1-2H3/b28-18-,32-30?. The van der Waals surface area contributed by atoms with Gasteiger partial charge in [0.15, 0.2) is 5.17 Å². The molecule has 6 heteroatoms. The number of halogens is 1. The molecule has 36 heavy (non-hydrogen) atoms. The molecule has 1 amide bonds. The van der Waals surface area contributed by atoms with Crippen LogP contribution in [-0.4, -0.2) is 20.5 Å². The number of aromatic nitrogens is 1. The molecule has 4 nitrogen and oxygen atoms in total. The molecule has 0 saturated carbocycles. The Labute approximate surface area is 224 Å². The third-order valence-electron chi connectivity index (χ3n) is 6.15. The number of aryl methyl sites for hydroxylation is 1. The number of amidine groups is 1. The molecule has 5 rings (SSSR count). The lowest BCUT2D eigenvalue weighted by Crippen LogP contribution is -2.28. The van der Waals surface area contributed by atoms with E-state index in [0.717, 1.165) is 43.4 Å². The molecule has 0 spiro atoms. The Morgan fingerprint density at radius 3 is 2.19 bits per heavy atom. The summed E-state index contributed by atoms with van der Waals surface area (Å²) in [6, 6.07) is 30.6. The van der Waals surface area contributed by atoms with Crippen molar-refractivity contribution in [1.29, 1.82) is 0 Å². The van der Waals surface area contributed by atoms with E-state index < -0.39 is 0 Å². The molecule has 0 unspecified atom stereocenters. The lowest BCUT2D eigenvalue weighted by molar-refractivity contribution is -0.122. The van der Waals surface area contributed by atoms with Gasteiger partial charge in [0.05, 0.1) is 18.0 Å². The van der Waals surface area contributed by atoms with Crippen LogP contribution in [0.3, 0.4) is 0 Å². The predicted molar refractivity (Wildman–Crippen MR) is 153 cm³/mol. The maximum atomic E-state index is 13.6. The van der Waals surface area contributed by atoms with E-state index in [0.29, 0.717) is 18.0 Å². The number of rotatable bonds is 6. The van der Waals surface area contributed by atoms with Crippen LogP contribution in [0.15, 0.2) is 105 Å². The molecule has 4 aromatic rings. The average molecular weight is 557 g/mol. The summed E-state index contributed by atoms with van der Waals surface area (Å²) in [4.78, 5) is 20.9. The molecule has 0 atom stereocenters. The lowest BCUT2D eigenvalue weighted by Gasteiger charge is -2.15. The minimum absolute atomic E-state index is 0.0101. The highest BCUT2D eigenvalue weighted by Crippen LogP contribution is 2.35. The molecule has 1 aliphatic heterocycles. The van der Waals surface area contributed by atoms with Crippen molar-refractivity contribution in [1.82, 2.24) is 9.47 Å². The maximum Gasteiger partial charge on any atom is 0.267 e. The van der Waals surface area contributed by atoms with Crippen molar-refractivity contribution in [2.75, 3.05) is 0 Å². The normalized spacial score (nSPS) is 15.9. The Morgan fingerprint density at radius 2 is 1.53 bits per heavy atom. The van der Waals surface area contributed by atoms with Gasteiger partial charge in [-0.25, -0.2) is 0 Å². The van der Waals surface area contributed by atoms with Gasteiger partial charge in [-0.05, 0) is 78.7 Å². The van der Waals surface area contributed by atoms with E-state index in [2.05, 4.69) is 64.7 Å². The topological polar surface area (TPSA) is 37.6 Å². The molecule has 1 aromatic heterocycles. The first-order valence-corrected chi connectivity index (χ1v) is 13.4. The van der Waals surface area contributed by atoms with Gasteiger partial charge in [-0.2, -0.15) is 0 Å². The summed E-state index contributed by atoms with van der Waals surface area (Å²) in [5.74, 6) is -0.0101. The van der Waals surface area contributed by atoms with Crippen molar-refractivity contribution in [2.24, 2.45) is 4.99 Å². The first-order valence-electron chi connectivity index (χ1n) is 11.8. The summed E-state index contributed by atoms with van der Waals surface area (Å²) >= 11 is 4.97. The SMILES string of the molecule is Cc1cc(/C=C2\SC(=NCc3ccccc3)N(Cc3ccccc3)C2=O)c(C)n1-c1ccc(Br)cc1. The number of carbonyl (C=O) groups is 1. The Hall–Kier alpha value is -3.35. The fourth-order valence-electron chi connectivity index (χ4n) is 4.34. The molecule has 0 radical (unpaired) electrons. The van der Waals surface area contributed by atoms with E-state index in [4.69, 9.17) is 4.99 Å². The van der Waals surface area contributed by atoms with Crippen molar-refractivity contribution >= 4 is 44.8 Å². The van der Waals surface area contributed by atoms with Crippen molar-refractivity contribution < 1.29 is 4.79 Å². The Kier molecular flexibility index (Phi) is 7.25. The number of thioether (sulfide) groups is 1. The summed E-state index contributed by atoms with van der Waals surface area (Å²) in [5.41, 5.74) is 6.55. The number of hydrogen-bond donors (Lipinski definition) is 0. The number of aliphatic imine (C=N–C) groups is 1. The van der Waals surface area contributed by atoms with Gasteiger partial charge in [-0.15, -0.1) is 0 Å². The van der Waals surface area contributed by atoms with Crippen molar-refractivity contribution in [3.8, 4) is 5.69 Å². The van der Waals surface area contributed by atoms with Crippen molar-refractivity contribution in [2.45, 2.75) is 26.9 Å². The summed E-state index contributed by atoms with van der Waals surface area (Å²) in [6.45, 7) is 5.22. The highest BCUT2D eigenvalue weighted by Gasteiger charge is 2.33. The van der Waals surface area contributed by atoms with Gasteiger partial charge in [-0.1, -0.05) is 76.6 Å². The van der Waals surface area contributed by atoms with Crippen LogP contribution in [0.25, 0.3) is 11.8 Å². The van der Waals surface area contributed by atoms with Gasteiger partial charge >= 0.3 is 0 Å². The second-order valence-electron chi connectivity index (χ2n) is 8.71. The van der Waals surface area contributed by atoms with Gasteiger partial charge in [0.25, 0.3) is 5.91 Å². The third-order valence-corrected chi connectivity index (χ3v) is 7.73. The summed E-state index contributed by atoms with van der Waals surface area (Å²) in [5, 5.41) is 0.737. The first-order chi connectivity index (χ1) is 17.5. The molecule has 3 aromatic carbocycles. The van der Waals surface area contributed by atoms with E-state index in [9.17, 15) is 4.79 Å². The second-order valence-corrected chi connectivity index (χ2v) is 10.6. The fourth-order valence-corrected chi connectivity index (χ4v) is 5.57. The van der Waals surface area contributed by atoms with Crippen LogP contribution in [0.5, 0.6) is 0 Å². The van der Waals surface area contributed by atoms with Gasteiger partial charge in [-0.3, -0.25) is 14.7 Å². The highest BCUT2D eigenvalue weighted by molar-refractivity contribution is 9.10. The predicted octanol–water partition coefficient (Wildman–Crippen LogP) is 7.53. The third kappa shape index (κ3) is 5.25. The molecule has 2 heterocycles. The highest BCUT2D eigenvalue weighted by atomic mass is 79.9. The van der Waals surface area contributed by atoms with Gasteiger partial charge in [0.1, 0.15) is 0 Å². The molecule has 1 aliphatic rings. The molecule has 180 valence electrons. The van der Waals surface area contributed by atoms with Crippen LogP contribution in [0.1, 0.15) is 28.1 Å². The van der Waals surface area contributed by atoms with Crippen LogP contribution in [0, 0.1) is 13.8 Å². The Balaban J connectivity index is 1.48. The minimum Gasteiger partial charge on any atom is -0.318 e. The molecule has 0 N–H and O–H groups in total. The van der Waals surface area contributed by atoms with E-state index in [1.165, 1.54) is 11.8 Å². The van der Waals surface area contributed by atoms with Crippen LogP contribution in [0.2, 0.25) is 0 Å². The van der Waals surface area contributed by atoms with Crippen LogP contribution in [0.4, 0.5) is 0 Å². The van der Waals surface area contributed by atoms with E-state index in [-0.39, 0.29) is 5.91 Å². The molecular weight excluding hydrogens is 530 g/mol. The molecule has 1 saturated heterocycles. The van der Waals surface area contributed by atoms with Gasteiger partial charge in [0.2, 0.25) is 0 Å². The van der Waals surface area contributed by atoms with Crippen molar-refractivity contribution in [3.63, 3.8) is 0 Å². The smallest absolute Gasteiger partial charge is 0.267 e. The summed E-state index contributed by atoms with van der Waals surface area (Å²) in [7, 11) is 0. The quantitative estimate of drug-likeness (QED) is 0.230. The zero-order chi connectivity index (χ0) is 25.1. The first kappa shape index (κ1) is 24.3. The van der Waals surface area contributed by atoms with Crippen LogP contribution >= 0.6 is 27.7 Å². The van der Waals surface area contributed by atoms with E-state index >= 15 is 0 Å². The molecular formula is C30H26BrN3OS. The molecule has 0 bridgehead atoms. The summed E-state index contributed by atoms with van der Waals surface area (Å²) in [6.07, 6.45) is 2.01. The van der Waals surface area contributed by atoms with E-state index in [1.54, 1.807) is 4.90 Å². The number of hydrogen-bond acceptors (Lipinski definition) is 3. The average Bonchev–Trinajstić information content (AvgIpc) is 3.34. The van der Waals surface area contributed by atoms with Crippen LogP contribution in [-0.2, 0) is 17.9 Å². The maximum absolute atomic E-state index is 13.6. The molecule has 0 aliphatic carbocycles. The Bertz CT molecular complexity index is 1440. The number of nitrogens with zero attached hydrogens (tertiary/aromatic N) is 3. The second kappa shape index (κ2) is 10.7. The zero-order valence-corrected chi connectivity index (χ0v) is 22.6. The molecule has 1 fully saturated rings. The van der Waals surface area contributed by atoms with Gasteiger partial charge in [0, 0.05) is 21.5 Å². The van der Waals surface area contributed by atoms with E-state index in [1.807, 2.05) is 66.7 Å². The lowest BCUT2D eigenvalue weighted by atomic mass is 10.2. The number of benzene rings is 3. The number of carbonyl (C=O) groups excluding carboxylic acids is 1. The van der Waals surface area contributed by atoms with Crippen LogP contribution < -0.4 is 0 Å². The fraction of sp³-hybridized carbons (Fsp3) is 0.133. The van der Waals surface area contributed by atoms with Crippen molar-refractivity contribution in [3.05, 3.63) is 128 Å². The summed E-state index contributed by atoms with van der Waals surface area (Å²) < 4.78 is 3.26.